The second-order valence-corrected chi connectivity index (χ2v) is 8.39. The maximum absolute atomic E-state index is 14.0. The van der Waals surface area contributed by atoms with E-state index in [-0.39, 0.29) is 10.8 Å². The van der Waals surface area contributed by atoms with E-state index in [2.05, 4.69) is 20.2 Å². The van der Waals surface area contributed by atoms with E-state index in [4.69, 9.17) is 38.4 Å². The molecule has 4 rings (SSSR count). The van der Waals surface area contributed by atoms with Gasteiger partial charge in [0.2, 0.25) is 0 Å². The Bertz CT molecular complexity index is 1160. The monoisotopic (exact) mass is 491 g/mol. The third kappa shape index (κ3) is 4.93. The Morgan fingerprint density at radius 3 is 2.61 bits per heavy atom. The molecule has 3 aromatic rings. The summed E-state index contributed by atoms with van der Waals surface area (Å²) in [4.78, 5) is 11.0. The first-order chi connectivity index (χ1) is 15.9. The van der Waals surface area contributed by atoms with E-state index >= 15 is 0 Å². The van der Waals surface area contributed by atoms with Crippen LogP contribution in [-0.2, 0) is 0 Å². The van der Waals surface area contributed by atoms with Crippen molar-refractivity contribution in [3.05, 3.63) is 58.1 Å². The first-order valence-corrected chi connectivity index (χ1v) is 11.2. The Morgan fingerprint density at radius 1 is 1.12 bits per heavy atom. The molecule has 0 bridgehead atoms. The summed E-state index contributed by atoms with van der Waals surface area (Å²) in [5.74, 6) is 1.37. The molecule has 1 atom stereocenters. The first-order valence-electron chi connectivity index (χ1n) is 10.4. The van der Waals surface area contributed by atoms with Crippen molar-refractivity contribution in [1.29, 1.82) is 0 Å². The van der Waals surface area contributed by atoms with E-state index in [0.29, 0.717) is 22.1 Å². The van der Waals surface area contributed by atoms with Crippen LogP contribution in [0.15, 0.2) is 36.7 Å². The standard InChI is InChI=1S/C23H24Cl2FN5O2/c1-13(21-16(24)3-4-17(26)22(21)25)33-18-9-14(11-30-23(18)27)15-10-20(29-12-19(15)32-2)31-7-5-28-6-8-31/h3-4,9-13,28H,5-8H2,1-2H3,(H2,27,30). The third-order valence-electron chi connectivity index (χ3n) is 5.50. The molecule has 0 saturated carbocycles. The number of rotatable bonds is 6. The van der Waals surface area contributed by atoms with Crippen molar-refractivity contribution in [2.75, 3.05) is 43.9 Å². The van der Waals surface area contributed by atoms with Crippen molar-refractivity contribution in [2.45, 2.75) is 13.0 Å². The second-order valence-electron chi connectivity index (χ2n) is 7.60. The lowest BCUT2D eigenvalue weighted by molar-refractivity contribution is 0.227. The van der Waals surface area contributed by atoms with Gasteiger partial charge < -0.3 is 25.4 Å². The predicted molar refractivity (Wildman–Crippen MR) is 129 cm³/mol. The van der Waals surface area contributed by atoms with E-state index in [1.165, 1.54) is 12.1 Å². The summed E-state index contributed by atoms with van der Waals surface area (Å²) in [6.07, 6.45) is 2.67. The summed E-state index contributed by atoms with van der Waals surface area (Å²) >= 11 is 12.4. The molecule has 1 aliphatic heterocycles. The van der Waals surface area contributed by atoms with Gasteiger partial charge in [-0.2, -0.15) is 0 Å². The normalized spacial score (nSPS) is 14.8. The van der Waals surface area contributed by atoms with Crippen LogP contribution in [0.1, 0.15) is 18.6 Å². The number of halogens is 3. The molecule has 0 spiro atoms. The molecular formula is C23H24Cl2FN5O2. The van der Waals surface area contributed by atoms with Crippen LogP contribution < -0.4 is 25.4 Å². The number of pyridine rings is 2. The van der Waals surface area contributed by atoms with E-state index in [0.717, 1.165) is 43.1 Å². The Labute approximate surface area is 201 Å². The van der Waals surface area contributed by atoms with E-state index in [9.17, 15) is 4.39 Å². The van der Waals surface area contributed by atoms with Gasteiger partial charge in [-0.1, -0.05) is 23.2 Å². The number of nitrogen functional groups attached to an aromatic ring is 1. The highest BCUT2D eigenvalue weighted by Gasteiger charge is 2.21. The van der Waals surface area contributed by atoms with Gasteiger partial charge in [0, 0.05) is 54.1 Å². The van der Waals surface area contributed by atoms with Gasteiger partial charge in [0.1, 0.15) is 23.5 Å². The predicted octanol–water partition coefficient (Wildman–Crippen LogP) is 4.73. The molecular weight excluding hydrogens is 468 g/mol. The molecule has 33 heavy (non-hydrogen) atoms. The fourth-order valence-corrected chi connectivity index (χ4v) is 4.43. The summed E-state index contributed by atoms with van der Waals surface area (Å²) < 4.78 is 25.6. The Morgan fingerprint density at radius 2 is 1.88 bits per heavy atom. The molecule has 0 aliphatic carbocycles. The largest absolute Gasteiger partial charge is 0.494 e. The van der Waals surface area contributed by atoms with Gasteiger partial charge in [-0.15, -0.1) is 0 Å². The number of benzene rings is 1. The number of piperazine rings is 1. The number of nitrogens with one attached hydrogen (secondary N) is 1. The molecule has 1 aliphatic rings. The number of hydrogen-bond donors (Lipinski definition) is 2. The molecule has 1 fully saturated rings. The molecule has 0 radical (unpaired) electrons. The zero-order valence-electron chi connectivity index (χ0n) is 18.2. The van der Waals surface area contributed by atoms with Crippen LogP contribution in [0.3, 0.4) is 0 Å². The van der Waals surface area contributed by atoms with Crippen LogP contribution in [0.2, 0.25) is 10.0 Å². The highest BCUT2D eigenvalue weighted by atomic mass is 35.5. The van der Waals surface area contributed by atoms with Crippen molar-refractivity contribution < 1.29 is 13.9 Å². The molecule has 1 aromatic carbocycles. The van der Waals surface area contributed by atoms with Crippen molar-refractivity contribution in [1.82, 2.24) is 15.3 Å². The van der Waals surface area contributed by atoms with Gasteiger partial charge in [-0.25, -0.2) is 14.4 Å². The average Bonchev–Trinajstić information content (AvgIpc) is 2.83. The van der Waals surface area contributed by atoms with E-state index in [1.54, 1.807) is 32.5 Å². The Hall–Kier alpha value is -2.81. The molecule has 3 N–H and O–H groups in total. The minimum absolute atomic E-state index is 0.0887. The SMILES string of the molecule is COc1cnc(N2CCNCC2)cc1-c1cnc(N)c(OC(C)c2c(Cl)ccc(F)c2Cl)c1. The van der Waals surface area contributed by atoms with Gasteiger partial charge >= 0.3 is 0 Å². The first kappa shape index (κ1) is 23.4. The van der Waals surface area contributed by atoms with Crippen LogP contribution in [-0.4, -0.2) is 43.3 Å². The molecule has 1 saturated heterocycles. The lowest BCUT2D eigenvalue weighted by atomic mass is 10.1. The van der Waals surface area contributed by atoms with Crippen LogP contribution >= 0.6 is 23.2 Å². The minimum atomic E-state index is -0.671. The third-order valence-corrected chi connectivity index (χ3v) is 6.21. The second kappa shape index (κ2) is 9.99. The van der Waals surface area contributed by atoms with Crippen LogP contribution in [0.4, 0.5) is 16.0 Å². The van der Waals surface area contributed by atoms with Crippen molar-refractivity contribution in [3.8, 4) is 22.6 Å². The molecule has 7 nitrogen and oxygen atoms in total. The van der Waals surface area contributed by atoms with Crippen LogP contribution in [0.25, 0.3) is 11.1 Å². The van der Waals surface area contributed by atoms with Crippen LogP contribution in [0.5, 0.6) is 11.5 Å². The number of hydrogen-bond acceptors (Lipinski definition) is 7. The van der Waals surface area contributed by atoms with Crippen molar-refractivity contribution in [2.24, 2.45) is 0 Å². The zero-order valence-corrected chi connectivity index (χ0v) is 19.8. The maximum atomic E-state index is 14.0. The highest BCUT2D eigenvalue weighted by Crippen LogP contribution is 2.39. The lowest BCUT2D eigenvalue weighted by Gasteiger charge is -2.29. The Balaban J connectivity index is 1.68. The Kier molecular flexibility index (Phi) is 7.07. The van der Waals surface area contributed by atoms with Gasteiger partial charge in [0.25, 0.3) is 0 Å². The average molecular weight is 492 g/mol. The van der Waals surface area contributed by atoms with Gasteiger partial charge in [-0.3, -0.25) is 0 Å². The van der Waals surface area contributed by atoms with Gasteiger partial charge in [0.05, 0.1) is 18.3 Å². The number of anilines is 2. The fourth-order valence-electron chi connectivity index (χ4n) is 3.75. The lowest BCUT2D eigenvalue weighted by Crippen LogP contribution is -2.43. The summed E-state index contributed by atoms with van der Waals surface area (Å²) in [7, 11) is 1.59. The number of aromatic nitrogens is 2. The molecule has 3 heterocycles. The van der Waals surface area contributed by atoms with Crippen LogP contribution in [0, 0.1) is 5.82 Å². The smallest absolute Gasteiger partial charge is 0.166 e. The molecule has 174 valence electrons. The fraction of sp³-hybridized carbons (Fsp3) is 0.304. The topological polar surface area (TPSA) is 85.5 Å². The van der Waals surface area contributed by atoms with Crippen molar-refractivity contribution in [3.63, 3.8) is 0 Å². The number of nitrogens with zero attached hydrogens (tertiary/aromatic N) is 3. The zero-order chi connectivity index (χ0) is 23.5. The van der Waals surface area contributed by atoms with E-state index < -0.39 is 11.9 Å². The number of methoxy groups -OCH3 is 1. The highest BCUT2D eigenvalue weighted by molar-refractivity contribution is 6.36. The quantitative estimate of drug-likeness (QED) is 0.482. The molecule has 1 unspecified atom stereocenters. The maximum Gasteiger partial charge on any atom is 0.166 e. The number of nitrogens with two attached hydrogens (primary N) is 1. The van der Waals surface area contributed by atoms with Crippen molar-refractivity contribution >= 4 is 34.8 Å². The van der Waals surface area contributed by atoms with Gasteiger partial charge in [-0.05, 0) is 31.2 Å². The van der Waals surface area contributed by atoms with Gasteiger partial charge in [0.15, 0.2) is 11.6 Å². The summed E-state index contributed by atoms with van der Waals surface area (Å²) in [6, 6.07) is 6.38. The van der Waals surface area contributed by atoms with E-state index in [1.807, 2.05) is 6.07 Å². The molecule has 10 heteroatoms. The molecule has 0 amide bonds. The molecule has 2 aromatic heterocycles. The summed E-state index contributed by atoms with van der Waals surface area (Å²) in [6.45, 7) is 5.23. The summed E-state index contributed by atoms with van der Waals surface area (Å²) in [5.41, 5.74) is 7.95. The summed E-state index contributed by atoms with van der Waals surface area (Å²) in [5, 5.41) is 3.54. The minimum Gasteiger partial charge on any atom is -0.494 e. The number of ether oxygens (including phenoxy) is 2.